The summed E-state index contributed by atoms with van der Waals surface area (Å²) in [4.78, 5) is 4.87. The molecule has 1 aliphatic heterocycles. The first-order valence-corrected chi connectivity index (χ1v) is 8.41. The Hall–Kier alpha value is -0.770. The van der Waals surface area contributed by atoms with E-state index in [9.17, 15) is 0 Å². The van der Waals surface area contributed by atoms with E-state index in [0.29, 0.717) is 12.1 Å². The first-order chi connectivity index (χ1) is 10.0. The van der Waals surface area contributed by atoms with E-state index in [1.165, 1.54) is 24.1 Å². The Morgan fingerprint density at radius 3 is 2.43 bits per heavy atom. The van der Waals surface area contributed by atoms with E-state index in [1.807, 2.05) is 0 Å². The molecule has 2 atom stereocenters. The van der Waals surface area contributed by atoms with Gasteiger partial charge in [0.05, 0.1) is 10.7 Å². The summed E-state index contributed by atoms with van der Waals surface area (Å²) in [7, 11) is 2.21. The van der Waals surface area contributed by atoms with Gasteiger partial charge in [-0.15, -0.1) is 0 Å². The van der Waals surface area contributed by atoms with Crippen LogP contribution in [-0.2, 0) is 6.54 Å². The summed E-state index contributed by atoms with van der Waals surface area (Å²) in [6, 6.07) is 8.38. The molecule has 1 aliphatic carbocycles. The molecular formula is C17H26ClN3. The van der Waals surface area contributed by atoms with E-state index >= 15 is 0 Å². The zero-order chi connectivity index (χ0) is 15.0. The lowest BCUT2D eigenvalue weighted by molar-refractivity contribution is 0.170. The second kappa shape index (κ2) is 6.15. The summed E-state index contributed by atoms with van der Waals surface area (Å²) in [5, 5.41) is 4.42. The summed E-state index contributed by atoms with van der Waals surface area (Å²) in [6.45, 7) is 7.58. The monoisotopic (exact) mass is 307 g/mol. The average molecular weight is 308 g/mol. The van der Waals surface area contributed by atoms with Crippen LogP contribution in [0.1, 0.15) is 32.3 Å². The Morgan fingerprint density at radius 1 is 1.19 bits per heavy atom. The molecule has 1 aromatic rings. The SMILES string of the molecule is CC1CN(c2ccc(CNC3CC3)cc2Cl)CC(C)N1C. The van der Waals surface area contributed by atoms with Gasteiger partial charge in [-0.2, -0.15) is 0 Å². The molecule has 0 bridgehead atoms. The topological polar surface area (TPSA) is 18.5 Å². The van der Waals surface area contributed by atoms with Gasteiger partial charge in [-0.25, -0.2) is 0 Å². The molecule has 3 nitrogen and oxygen atoms in total. The van der Waals surface area contributed by atoms with Crippen LogP contribution in [0.2, 0.25) is 5.02 Å². The van der Waals surface area contributed by atoms with Crippen LogP contribution in [0, 0.1) is 0 Å². The quantitative estimate of drug-likeness (QED) is 0.922. The van der Waals surface area contributed by atoms with Crippen LogP contribution in [0.15, 0.2) is 18.2 Å². The molecule has 2 aliphatic rings. The lowest BCUT2D eigenvalue weighted by Gasteiger charge is -2.43. The molecule has 1 saturated heterocycles. The average Bonchev–Trinajstić information content (AvgIpc) is 3.26. The maximum atomic E-state index is 6.54. The molecule has 3 rings (SSSR count). The summed E-state index contributed by atoms with van der Waals surface area (Å²) in [6.07, 6.45) is 2.64. The molecule has 1 N–H and O–H groups in total. The van der Waals surface area contributed by atoms with Crippen molar-refractivity contribution in [1.29, 1.82) is 0 Å². The van der Waals surface area contributed by atoms with Crippen molar-refractivity contribution in [3.63, 3.8) is 0 Å². The number of rotatable bonds is 4. The number of halogens is 1. The van der Waals surface area contributed by atoms with Crippen molar-refractivity contribution >= 4 is 17.3 Å². The summed E-state index contributed by atoms with van der Waals surface area (Å²) in [5.74, 6) is 0. The van der Waals surface area contributed by atoms with Gasteiger partial charge in [-0.05, 0) is 51.4 Å². The number of likely N-dealkylation sites (N-methyl/N-ethyl adjacent to an activating group) is 1. The largest absolute Gasteiger partial charge is 0.367 e. The fourth-order valence-corrected chi connectivity index (χ4v) is 3.39. The van der Waals surface area contributed by atoms with E-state index in [2.05, 4.69) is 54.2 Å². The van der Waals surface area contributed by atoms with Crippen molar-refractivity contribution in [1.82, 2.24) is 10.2 Å². The Labute approximate surface area is 133 Å². The molecule has 0 aromatic heterocycles. The van der Waals surface area contributed by atoms with Crippen LogP contribution in [-0.4, -0.2) is 43.2 Å². The molecule has 0 radical (unpaired) electrons. The Bertz CT molecular complexity index is 489. The highest BCUT2D eigenvalue weighted by molar-refractivity contribution is 6.33. The lowest BCUT2D eigenvalue weighted by atomic mass is 10.1. The first kappa shape index (κ1) is 15.1. The molecule has 1 heterocycles. The standard InChI is InChI=1S/C17H26ClN3/c1-12-10-21(11-13(2)20(12)3)17-7-4-14(8-16(17)18)9-19-15-5-6-15/h4,7-8,12-13,15,19H,5-6,9-11H2,1-3H3. The van der Waals surface area contributed by atoms with Gasteiger partial charge < -0.3 is 10.2 Å². The minimum atomic E-state index is 0.557. The number of nitrogens with zero attached hydrogens (tertiary/aromatic N) is 2. The smallest absolute Gasteiger partial charge is 0.0642 e. The molecule has 1 aromatic carbocycles. The Balaban J connectivity index is 1.69. The number of anilines is 1. The minimum Gasteiger partial charge on any atom is -0.367 e. The van der Waals surface area contributed by atoms with Gasteiger partial charge in [0.2, 0.25) is 0 Å². The van der Waals surface area contributed by atoms with E-state index in [4.69, 9.17) is 11.6 Å². The molecule has 2 fully saturated rings. The van der Waals surface area contributed by atoms with Gasteiger partial charge in [0.25, 0.3) is 0 Å². The predicted octanol–water partition coefficient (Wildman–Crippen LogP) is 3.12. The maximum Gasteiger partial charge on any atom is 0.0642 e. The molecular weight excluding hydrogens is 282 g/mol. The van der Waals surface area contributed by atoms with Gasteiger partial charge in [0.15, 0.2) is 0 Å². The van der Waals surface area contributed by atoms with Crippen molar-refractivity contribution < 1.29 is 0 Å². The van der Waals surface area contributed by atoms with Crippen molar-refractivity contribution in [3.8, 4) is 0 Å². The molecule has 0 spiro atoms. The second-order valence-corrected chi connectivity index (χ2v) is 7.12. The second-order valence-electron chi connectivity index (χ2n) is 6.71. The van der Waals surface area contributed by atoms with Gasteiger partial charge >= 0.3 is 0 Å². The number of benzene rings is 1. The van der Waals surface area contributed by atoms with Gasteiger partial charge in [-0.3, -0.25) is 4.90 Å². The zero-order valence-electron chi connectivity index (χ0n) is 13.3. The molecule has 0 amide bonds. The minimum absolute atomic E-state index is 0.557. The number of nitrogens with one attached hydrogen (secondary N) is 1. The van der Waals surface area contributed by atoms with E-state index < -0.39 is 0 Å². The van der Waals surface area contributed by atoms with Crippen molar-refractivity contribution in [3.05, 3.63) is 28.8 Å². The third-order valence-corrected chi connectivity index (χ3v) is 5.19. The third-order valence-electron chi connectivity index (χ3n) is 4.88. The van der Waals surface area contributed by atoms with Crippen LogP contribution in [0.3, 0.4) is 0 Å². The van der Waals surface area contributed by atoms with E-state index in [0.717, 1.165) is 30.7 Å². The zero-order valence-corrected chi connectivity index (χ0v) is 14.0. The van der Waals surface area contributed by atoms with E-state index in [1.54, 1.807) is 0 Å². The number of hydrogen-bond donors (Lipinski definition) is 1. The molecule has 2 unspecified atom stereocenters. The van der Waals surface area contributed by atoms with Crippen molar-refractivity contribution in [2.24, 2.45) is 0 Å². The molecule has 4 heteroatoms. The Kier molecular flexibility index (Phi) is 4.43. The first-order valence-electron chi connectivity index (χ1n) is 8.03. The fourth-order valence-electron chi connectivity index (χ4n) is 3.07. The van der Waals surface area contributed by atoms with Crippen LogP contribution in [0.4, 0.5) is 5.69 Å². The highest BCUT2D eigenvalue weighted by Crippen LogP contribution is 2.30. The normalized spacial score (nSPS) is 27.1. The molecule has 21 heavy (non-hydrogen) atoms. The van der Waals surface area contributed by atoms with E-state index in [-0.39, 0.29) is 0 Å². The Morgan fingerprint density at radius 2 is 1.86 bits per heavy atom. The van der Waals surface area contributed by atoms with Gasteiger partial charge in [-0.1, -0.05) is 17.7 Å². The predicted molar refractivity (Wildman–Crippen MR) is 90.2 cm³/mol. The highest BCUT2D eigenvalue weighted by Gasteiger charge is 2.27. The summed E-state index contributed by atoms with van der Waals surface area (Å²) in [5.41, 5.74) is 2.46. The number of hydrogen-bond acceptors (Lipinski definition) is 3. The third kappa shape index (κ3) is 3.53. The number of piperazine rings is 1. The summed E-state index contributed by atoms with van der Waals surface area (Å²) >= 11 is 6.54. The van der Waals surface area contributed by atoms with Gasteiger partial charge in [0, 0.05) is 37.8 Å². The lowest BCUT2D eigenvalue weighted by Crippen LogP contribution is -2.55. The van der Waals surface area contributed by atoms with Crippen LogP contribution < -0.4 is 10.2 Å². The van der Waals surface area contributed by atoms with Crippen molar-refractivity contribution in [2.45, 2.75) is 51.4 Å². The molecule has 116 valence electrons. The van der Waals surface area contributed by atoms with Crippen molar-refractivity contribution in [2.75, 3.05) is 25.0 Å². The highest BCUT2D eigenvalue weighted by atomic mass is 35.5. The maximum absolute atomic E-state index is 6.54. The van der Waals surface area contributed by atoms with Crippen LogP contribution in [0.25, 0.3) is 0 Å². The summed E-state index contributed by atoms with van der Waals surface area (Å²) < 4.78 is 0. The van der Waals surface area contributed by atoms with Gasteiger partial charge in [0.1, 0.15) is 0 Å². The van der Waals surface area contributed by atoms with Crippen LogP contribution >= 0.6 is 11.6 Å². The fraction of sp³-hybridized carbons (Fsp3) is 0.647. The van der Waals surface area contributed by atoms with Crippen LogP contribution in [0.5, 0.6) is 0 Å². The molecule has 1 saturated carbocycles.